The second-order valence-electron chi connectivity index (χ2n) is 3.84. The van der Waals surface area contributed by atoms with Crippen LogP contribution in [0, 0.1) is 5.92 Å². The molecule has 0 aliphatic rings. The highest BCUT2D eigenvalue weighted by Crippen LogP contribution is 2.19. The fourth-order valence-corrected chi connectivity index (χ4v) is 1.67. The van der Waals surface area contributed by atoms with Crippen LogP contribution < -0.4 is 10.1 Å². The third kappa shape index (κ3) is 4.30. The highest BCUT2D eigenvalue weighted by Gasteiger charge is 2.12. The van der Waals surface area contributed by atoms with E-state index in [0.29, 0.717) is 12.4 Å². The SMILES string of the molecule is CCC(CNC(=O)O)Cc1cccnc1OC. The molecule has 1 rings (SSSR count). The number of nitrogens with zero attached hydrogens (tertiary/aromatic N) is 1. The molecule has 0 saturated carbocycles. The zero-order valence-corrected chi connectivity index (χ0v) is 10.1. The molecule has 1 atom stereocenters. The Kier molecular flexibility index (Phi) is 5.26. The molecule has 1 heterocycles. The van der Waals surface area contributed by atoms with Gasteiger partial charge in [-0.1, -0.05) is 19.4 Å². The van der Waals surface area contributed by atoms with Gasteiger partial charge in [0.25, 0.3) is 0 Å². The van der Waals surface area contributed by atoms with Crippen LogP contribution in [-0.2, 0) is 6.42 Å². The Hall–Kier alpha value is -1.78. The summed E-state index contributed by atoms with van der Waals surface area (Å²) in [6.45, 7) is 2.49. The van der Waals surface area contributed by atoms with E-state index in [0.717, 1.165) is 18.4 Å². The van der Waals surface area contributed by atoms with Crippen molar-refractivity contribution in [2.75, 3.05) is 13.7 Å². The number of carboxylic acid groups (broad SMARTS) is 1. The molecule has 0 saturated heterocycles. The van der Waals surface area contributed by atoms with Crippen molar-refractivity contribution >= 4 is 6.09 Å². The van der Waals surface area contributed by atoms with Crippen molar-refractivity contribution < 1.29 is 14.6 Å². The first-order valence-corrected chi connectivity index (χ1v) is 5.62. The molecule has 0 spiro atoms. The van der Waals surface area contributed by atoms with Gasteiger partial charge in [0.15, 0.2) is 0 Å². The van der Waals surface area contributed by atoms with Crippen molar-refractivity contribution in [2.45, 2.75) is 19.8 Å². The summed E-state index contributed by atoms with van der Waals surface area (Å²) in [7, 11) is 1.59. The molecule has 2 N–H and O–H groups in total. The second-order valence-corrected chi connectivity index (χ2v) is 3.84. The highest BCUT2D eigenvalue weighted by molar-refractivity contribution is 5.64. The minimum absolute atomic E-state index is 0.254. The third-order valence-corrected chi connectivity index (χ3v) is 2.67. The van der Waals surface area contributed by atoms with Crippen molar-refractivity contribution in [3.05, 3.63) is 23.9 Å². The Bertz CT molecular complexity index is 369. The maximum absolute atomic E-state index is 10.4. The van der Waals surface area contributed by atoms with Crippen LogP contribution in [0.2, 0.25) is 0 Å². The van der Waals surface area contributed by atoms with Gasteiger partial charge in [0, 0.05) is 18.3 Å². The molecule has 0 aliphatic carbocycles. The van der Waals surface area contributed by atoms with E-state index in [1.807, 2.05) is 19.1 Å². The highest BCUT2D eigenvalue weighted by atomic mass is 16.5. The summed E-state index contributed by atoms with van der Waals surface area (Å²) in [5.74, 6) is 0.866. The molecule has 5 nitrogen and oxygen atoms in total. The van der Waals surface area contributed by atoms with Gasteiger partial charge in [-0.05, 0) is 18.4 Å². The van der Waals surface area contributed by atoms with E-state index in [2.05, 4.69) is 10.3 Å². The fourth-order valence-electron chi connectivity index (χ4n) is 1.67. The number of carbonyl (C=O) groups is 1. The largest absolute Gasteiger partial charge is 0.481 e. The number of hydrogen-bond donors (Lipinski definition) is 2. The van der Waals surface area contributed by atoms with E-state index in [1.165, 1.54) is 0 Å². The van der Waals surface area contributed by atoms with Gasteiger partial charge in [-0.2, -0.15) is 0 Å². The number of hydrogen-bond acceptors (Lipinski definition) is 3. The molecule has 1 aromatic rings. The van der Waals surface area contributed by atoms with Gasteiger partial charge in [-0.15, -0.1) is 0 Å². The summed E-state index contributed by atoms with van der Waals surface area (Å²) in [6, 6.07) is 3.81. The Balaban J connectivity index is 2.63. The first-order valence-electron chi connectivity index (χ1n) is 5.62. The van der Waals surface area contributed by atoms with E-state index in [1.54, 1.807) is 13.3 Å². The van der Waals surface area contributed by atoms with E-state index in [9.17, 15) is 4.79 Å². The van der Waals surface area contributed by atoms with E-state index < -0.39 is 6.09 Å². The van der Waals surface area contributed by atoms with Crippen molar-refractivity contribution in [3.63, 3.8) is 0 Å². The first kappa shape index (κ1) is 13.3. The van der Waals surface area contributed by atoms with Crippen LogP contribution in [0.5, 0.6) is 5.88 Å². The molecule has 0 radical (unpaired) electrons. The van der Waals surface area contributed by atoms with Gasteiger partial charge < -0.3 is 15.2 Å². The average Bonchev–Trinajstić information content (AvgIpc) is 2.34. The summed E-state index contributed by atoms with van der Waals surface area (Å²) in [5.41, 5.74) is 1.01. The summed E-state index contributed by atoms with van der Waals surface area (Å²) < 4.78 is 5.17. The van der Waals surface area contributed by atoms with Crippen molar-refractivity contribution in [2.24, 2.45) is 5.92 Å². The van der Waals surface area contributed by atoms with Gasteiger partial charge in [-0.3, -0.25) is 0 Å². The van der Waals surface area contributed by atoms with Crippen molar-refractivity contribution in [1.82, 2.24) is 10.3 Å². The van der Waals surface area contributed by atoms with Crippen molar-refractivity contribution in [3.8, 4) is 5.88 Å². The molecular weight excluding hydrogens is 220 g/mol. The zero-order chi connectivity index (χ0) is 12.7. The maximum Gasteiger partial charge on any atom is 0.404 e. The molecule has 94 valence electrons. The zero-order valence-electron chi connectivity index (χ0n) is 10.1. The Morgan fingerprint density at radius 3 is 3.00 bits per heavy atom. The van der Waals surface area contributed by atoms with Crippen LogP contribution in [-0.4, -0.2) is 29.8 Å². The molecule has 1 unspecified atom stereocenters. The molecule has 17 heavy (non-hydrogen) atoms. The monoisotopic (exact) mass is 238 g/mol. The number of ether oxygens (including phenoxy) is 1. The normalized spacial score (nSPS) is 11.9. The number of aromatic nitrogens is 1. The number of pyridine rings is 1. The van der Waals surface area contributed by atoms with Crippen LogP contribution in [0.1, 0.15) is 18.9 Å². The van der Waals surface area contributed by atoms with E-state index in [4.69, 9.17) is 9.84 Å². The van der Waals surface area contributed by atoms with E-state index in [-0.39, 0.29) is 5.92 Å². The number of amides is 1. The summed E-state index contributed by atoms with van der Waals surface area (Å²) in [5, 5.41) is 11.0. The molecule has 1 aromatic heterocycles. The smallest absolute Gasteiger partial charge is 0.404 e. The average molecular weight is 238 g/mol. The molecule has 0 aromatic carbocycles. The molecule has 0 bridgehead atoms. The number of rotatable bonds is 6. The van der Waals surface area contributed by atoms with Gasteiger partial charge in [0.1, 0.15) is 0 Å². The maximum atomic E-state index is 10.4. The summed E-state index contributed by atoms with van der Waals surface area (Å²) >= 11 is 0. The van der Waals surface area contributed by atoms with Gasteiger partial charge in [-0.25, -0.2) is 9.78 Å². The minimum atomic E-state index is -0.985. The molecule has 1 amide bonds. The molecule has 0 fully saturated rings. The predicted molar refractivity (Wildman–Crippen MR) is 64.3 cm³/mol. The Morgan fingerprint density at radius 2 is 2.41 bits per heavy atom. The lowest BCUT2D eigenvalue weighted by molar-refractivity contribution is 0.192. The van der Waals surface area contributed by atoms with Crippen LogP contribution >= 0.6 is 0 Å². The predicted octanol–water partition coefficient (Wildman–Crippen LogP) is 1.93. The quantitative estimate of drug-likeness (QED) is 0.794. The van der Waals surface area contributed by atoms with Crippen LogP contribution in [0.3, 0.4) is 0 Å². The van der Waals surface area contributed by atoms with Crippen LogP contribution in [0.4, 0.5) is 4.79 Å². The lowest BCUT2D eigenvalue weighted by Gasteiger charge is -2.15. The minimum Gasteiger partial charge on any atom is -0.481 e. The van der Waals surface area contributed by atoms with E-state index >= 15 is 0 Å². The van der Waals surface area contributed by atoms with Crippen molar-refractivity contribution in [1.29, 1.82) is 0 Å². The molecular formula is C12H18N2O3. The van der Waals surface area contributed by atoms with Crippen LogP contribution in [0.25, 0.3) is 0 Å². The molecule has 5 heteroatoms. The van der Waals surface area contributed by atoms with Crippen LogP contribution in [0.15, 0.2) is 18.3 Å². The summed E-state index contributed by atoms with van der Waals surface area (Å²) in [6.07, 6.45) is 2.35. The Labute approximate surface area is 101 Å². The molecule has 0 aliphatic heterocycles. The number of nitrogens with one attached hydrogen (secondary N) is 1. The van der Waals surface area contributed by atoms with Gasteiger partial charge >= 0.3 is 6.09 Å². The lowest BCUT2D eigenvalue weighted by Crippen LogP contribution is -2.28. The van der Waals surface area contributed by atoms with Gasteiger partial charge in [0.05, 0.1) is 7.11 Å². The second kappa shape index (κ2) is 6.73. The lowest BCUT2D eigenvalue weighted by atomic mass is 9.97. The topological polar surface area (TPSA) is 71.5 Å². The third-order valence-electron chi connectivity index (χ3n) is 2.67. The van der Waals surface area contributed by atoms with Gasteiger partial charge in [0.2, 0.25) is 5.88 Å². The Morgan fingerprint density at radius 1 is 1.65 bits per heavy atom. The summed E-state index contributed by atoms with van der Waals surface area (Å²) in [4.78, 5) is 14.6. The fraction of sp³-hybridized carbons (Fsp3) is 0.500. The first-order chi connectivity index (χ1) is 8.17. The number of methoxy groups -OCH3 is 1. The standard InChI is InChI=1S/C12H18N2O3/c1-3-9(8-14-12(15)16)7-10-5-4-6-13-11(10)17-2/h4-6,9,14H,3,7-8H2,1-2H3,(H,15,16).